The van der Waals surface area contributed by atoms with E-state index in [0.717, 1.165) is 16.9 Å². The van der Waals surface area contributed by atoms with E-state index in [-0.39, 0.29) is 12.5 Å². The van der Waals surface area contributed by atoms with Crippen molar-refractivity contribution in [3.63, 3.8) is 0 Å². The van der Waals surface area contributed by atoms with Crippen LogP contribution in [0.15, 0.2) is 42.5 Å². The quantitative estimate of drug-likeness (QED) is 0.853. The molecule has 122 valence electrons. The van der Waals surface area contributed by atoms with Crippen molar-refractivity contribution >= 4 is 5.91 Å². The molecule has 0 saturated carbocycles. The van der Waals surface area contributed by atoms with Crippen molar-refractivity contribution in [1.82, 2.24) is 5.32 Å². The van der Waals surface area contributed by atoms with Crippen molar-refractivity contribution in [2.24, 2.45) is 0 Å². The zero-order valence-electron chi connectivity index (χ0n) is 13.6. The Bertz CT molecular complexity index is 656. The molecular weight excluding hydrogens is 294 g/mol. The van der Waals surface area contributed by atoms with Crippen LogP contribution in [0.25, 0.3) is 0 Å². The molecule has 0 heterocycles. The molecule has 0 aliphatic heterocycles. The standard InChI is InChI=1S/C18H21NO4/c1-13-9-17(22-3)14(10-16(13)21-2)11-19-18(20)12-23-15-7-5-4-6-8-15/h4-10H,11-12H2,1-3H3,(H,19,20). The summed E-state index contributed by atoms with van der Waals surface area (Å²) in [6.45, 7) is 2.25. The molecule has 0 spiro atoms. The van der Waals surface area contributed by atoms with Crippen LogP contribution >= 0.6 is 0 Å². The molecular formula is C18H21NO4. The fraction of sp³-hybridized carbons (Fsp3) is 0.278. The van der Waals surface area contributed by atoms with Gasteiger partial charge in [-0.15, -0.1) is 0 Å². The van der Waals surface area contributed by atoms with Crippen molar-refractivity contribution in [2.45, 2.75) is 13.5 Å². The van der Waals surface area contributed by atoms with Gasteiger partial charge in [-0.25, -0.2) is 0 Å². The Labute approximate surface area is 136 Å². The first-order valence-electron chi connectivity index (χ1n) is 7.30. The molecule has 0 aliphatic rings. The molecule has 2 aromatic carbocycles. The number of nitrogens with one attached hydrogen (secondary N) is 1. The lowest BCUT2D eigenvalue weighted by Crippen LogP contribution is -2.28. The Morgan fingerprint density at radius 1 is 1.04 bits per heavy atom. The van der Waals surface area contributed by atoms with Crippen molar-refractivity contribution in [3.05, 3.63) is 53.6 Å². The van der Waals surface area contributed by atoms with Crippen LogP contribution in [-0.2, 0) is 11.3 Å². The smallest absolute Gasteiger partial charge is 0.258 e. The lowest BCUT2D eigenvalue weighted by molar-refractivity contribution is -0.123. The topological polar surface area (TPSA) is 56.8 Å². The van der Waals surface area contributed by atoms with Gasteiger partial charge in [0, 0.05) is 12.1 Å². The average Bonchev–Trinajstić information content (AvgIpc) is 2.59. The van der Waals surface area contributed by atoms with Crippen molar-refractivity contribution in [2.75, 3.05) is 20.8 Å². The molecule has 5 heteroatoms. The van der Waals surface area contributed by atoms with Gasteiger partial charge in [-0.05, 0) is 36.8 Å². The molecule has 0 aromatic heterocycles. The van der Waals surface area contributed by atoms with Crippen LogP contribution < -0.4 is 19.5 Å². The summed E-state index contributed by atoms with van der Waals surface area (Å²) in [5.41, 5.74) is 1.83. The second kappa shape index (κ2) is 8.08. The normalized spacial score (nSPS) is 10.0. The van der Waals surface area contributed by atoms with E-state index in [1.807, 2.05) is 37.3 Å². The van der Waals surface area contributed by atoms with Gasteiger partial charge in [0.1, 0.15) is 17.2 Å². The van der Waals surface area contributed by atoms with Crippen molar-refractivity contribution in [1.29, 1.82) is 0 Å². The minimum atomic E-state index is -0.199. The van der Waals surface area contributed by atoms with E-state index in [1.165, 1.54) is 0 Å². The number of methoxy groups -OCH3 is 2. The monoisotopic (exact) mass is 315 g/mol. The summed E-state index contributed by atoms with van der Waals surface area (Å²) in [4.78, 5) is 11.9. The van der Waals surface area contributed by atoms with Crippen LogP contribution in [0.3, 0.4) is 0 Å². The van der Waals surface area contributed by atoms with Gasteiger partial charge >= 0.3 is 0 Å². The maximum absolute atomic E-state index is 11.9. The predicted octanol–water partition coefficient (Wildman–Crippen LogP) is 2.71. The Morgan fingerprint density at radius 3 is 2.39 bits per heavy atom. The number of aryl methyl sites for hydroxylation is 1. The van der Waals surface area contributed by atoms with Gasteiger partial charge < -0.3 is 19.5 Å². The molecule has 2 aromatic rings. The van der Waals surface area contributed by atoms with E-state index in [2.05, 4.69) is 5.32 Å². The van der Waals surface area contributed by atoms with Gasteiger partial charge in [-0.1, -0.05) is 18.2 Å². The van der Waals surface area contributed by atoms with Gasteiger partial charge in [0.05, 0.1) is 14.2 Å². The maximum Gasteiger partial charge on any atom is 0.258 e. The number of rotatable bonds is 7. The Morgan fingerprint density at radius 2 is 1.74 bits per heavy atom. The molecule has 1 N–H and O–H groups in total. The predicted molar refractivity (Wildman–Crippen MR) is 88.1 cm³/mol. The molecule has 1 amide bonds. The summed E-state index contributed by atoms with van der Waals surface area (Å²) in [6, 6.07) is 13.0. The van der Waals surface area contributed by atoms with E-state index in [0.29, 0.717) is 18.0 Å². The first-order chi connectivity index (χ1) is 11.1. The number of hydrogen-bond acceptors (Lipinski definition) is 4. The Balaban J connectivity index is 1.93. The van der Waals surface area contributed by atoms with E-state index < -0.39 is 0 Å². The largest absolute Gasteiger partial charge is 0.496 e. The summed E-state index contributed by atoms with van der Waals surface area (Å²) in [5, 5.41) is 2.82. The van der Waals surface area contributed by atoms with Crippen LogP contribution in [0.1, 0.15) is 11.1 Å². The lowest BCUT2D eigenvalue weighted by atomic mass is 10.1. The van der Waals surface area contributed by atoms with Gasteiger partial charge in [0.2, 0.25) is 0 Å². The summed E-state index contributed by atoms with van der Waals surface area (Å²) in [6.07, 6.45) is 0. The molecule has 0 unspecified atom stereocenters. The minimum Gasteiger partial charge on any atom is -0.496 e. The molecule has 0 aliphatic carbocycles. The number of carbonyl (C=O) groups excluding carboxylic acids is 1. The first-order valence-corrected chi connectivity index (χ1v) is 7.30. The van der Waals surface area contributed by atoms with E-state index in [9.17, 15) is 4.79 Å². The van der Waals surface area contributed by atoms with E-state index in [4.69, 9.17) is 14.2 Å². The zero-order chi connectivity index (χ0) is 16.7. The fourth-order valence-corrected chi connectivity index (χ4v) is 2.16. The van der Waals surface area contributed by atoms with E-state index >= 15 is 0 Å². The molecule has 0 fully saturated rings. The van der Waals surface area contributed by atoms with Crippen LogP contribution in [0, 0.1) is 6.92 Å². The summed E-state index contributed by atoms with van der Waals surface area (Å²) >= 11 is 0. The lowest BCUT2D eigenvalue weighted by Gasteiger charge is -2.14. The van der Waals surface area contributed by atoms with Gasteiger partial charge in [-0.3, -0.25) is 4.79 Å². The number of carbonyl (C=O) groups is 1. The van der Waals surface area contributed by atoms with Crippen LogP contribution in [0.2, 0.25) is 0 Å². The number of hydrogen-bond donors (Lipinski definition) is 1. The second-order valence-corrected chi connectivity index (χ2v) is 5.01. The molecule has 0 bridgehead atoms. The minimum absolute atomic E-state index is 0.0324. The SMILES string of the molecule is COc1cc(CNC(=O)COc2ccccc2)c(OC)cc1C. The highest BCUT2D eigenvalue weighted by Gasteiger charge is 2.10. The first kappa shape index (κ1) is 16.7. The highest BCUT2D eigenvalue weighted by atomic mass is 16.5. The molecule has 0 radical (unpaired) electrons. The molecule has 0 saturated heterocycles. The number of para-hydroxylation sites is 1. The second-order valence-electron chi connectivity index (χ2n) is 5.01. The fourth-order valence-electron chi connectivity index (χ4n) is 2.16. The molecule has 23 heavy (non-hydrogen) atoms. The van der Waals surface area contributed by atoms with Crippen LogP contribution in [0.4, 0.5) is 0 Å². The van der Waals surface area contributed by atoms with Crippen molar-refractivity contribution < 1.29 is 19.0 Å². The van der Waals surface area contributed by atoms with Gasteiger partial charge in [0.25, 0.3) is 5.91 Å². The van der Waals surface area contributed by atoms with E-state index in [1.54, 1.807) is 26.4 Å². The Hall–Kier alpha value is -2.69. The molecule has 5 nitrogen and oxygen atoms in total. The highest BCUT2D eigenvalue weighted by molar-refractivity contribution is 5.77. The van der Waals surface area contributed by atoms with Gasteiger partial charge in [-0.2, -0.15) is 0 Å². The molecule has 0 atom stereocenters. The summed E-state index contributed by atoms with van der Waals surface area (Å²) in [7, 11) is 3.22. The van der Waals surface area contributed by atoms with Crippen LogP contribution in [-0.4, -0.2) is 26.7 Å². The summed E-state index contributed by atoms with van der Waals surface area (Å²) in [5.74, 6) is 1.94. The zero-order valence-corrected chi connectivity index (χ0v) is 13.6. The number of amides is 1. The Kier molecular flexibility index (Phi) is 5.86. The van der Waals surface area contributed by atoms with Crippen molar-refractivity contribution in [3.8, 4) is 17.2 Å². The van der Waals surface area contributed by atoms with Crippen LogP contribution in [0.5, 0.6) is 17.2 Å². The highest BCUT2D eigenvalue weighted by Crippen LogP contribution is 2.28. The van der Waals surface area contributed by atoms with Gasteiger partial charge in [0.15, 0.2) is 6.61 Å². The third-order valence-corrected chi connectivity index (χ3v) is 3.39. The average molecular weight is 315 g/mol. The third kappa shape index (κ3) is 4.64. The molecule has 2 rings (SSSR count). The third-order valence-electron chi connectivity index (χ3n) is 3.39. The number of benzene rings is 2. The summed E-state index contributed by atoms with van der Waals surface area (Å²) < 4.78 is 16.1. The maximum atomic E-state index is 11.9. The number of ether oxygens (including phenoxy) is 3.